The topological polar surface area (TPSA) is 0 Å². The summed E-state index contributed by atoms with van der Waals surface area (Å²) in [5.41, 5.74) is 0. The Morgan fingerprint density at radius 2 is 0.375 bits per heavy atom. The molecule has 0 saturated heterocycles. The zero-order valence-corrected chi connectivity index (χ0v) is 8.81. The maximum atomic E-state index is 0. The van der Waals surface area contributed by atoms with E-state index in [1.807, 2.05) is 0 Å². The first-order valence-electron chi connectivity index (χ1n) is 0. The Hall–Kier alpha value is 2.79. The number of hydrogen-bond acceptors (Lipinski definition) is 0. The maximum absolute atomic E-state index is 0. The summed E-state index contributed by atoms with van der Waals surface area (Å²) in [6, 6.07) is 0. The van der Waals surface area contributed by atoms with E-state index in [4.69, 9.17) is 0 Å². The molecule has 0 rings (SSSR count). The zero-order valence-electron chi connectivity index (χ0n) is 2.80. The van der Waals surface area contributed by atoms with Gasteiger partial charge in [0.15, 0.2) is 17.4 Å². The Labute approximate surface area is 108 Å². The van der Waals surface area contributed by atoms with Crippen LogP contribution in [0.4, 0.5) is 0 Å². The average molecular weight is 305 g/mol. The van der Waals surface area contributed by atoms with E-state index in [1.54, 1.807) is 0 Å². The second kappa shape index (κ2) is 97.1. The molecular formula is H9AlCl6Fe. The van der Waals surface area contributed by atoms with E-state index in [-0.39, 0.29) is 109 Å². The largest absolute Gasteiger partial charge is 0.187 e. The summed E-state index contributed by atoms with van der Waals surface area (Å²) < 4.78 is 0. The molecule has 0 atom stereocenters. The van der Waals surface area contributed by atoms with Crippen molar-refractivity contribution >= 4 is 91.8 Å². The van der Waals surface area contributed by atoms with Gasteiger partial charge in [-0.1, -0.05) is 0 Å². The standard InChI is InChI=1S/Al.6ClH.Fe.3H/h;6*1H;;;;. The quantitative estimate of drug-likeness (QED) is 0.593. The van der Waals surface area contributed by atoms with E-state index in [2.05, 4.69) is 0 Å². The number of halogens is 6. The van der Waals surface area contributed by atoms with Crippen molar-refractivity contribution in [3.05, 3.63) is 0 Å². The summed E-state index contributed by atoms with van der Waals surface area (Å²) >= 11 is 0. The molecule has 0 aliphatic rings. The van der Waals surface area contributed by atoms with Crippen molar-refractivity contribution in [3.8, 4) is 0 Å². The molecule has 0 aliphatic carbocycles. The SMILES string of the molecule is Cl.Cl.Cl.Cl.Cl.Cl.[AlH3].[Fe]. The van der Waals surface area contributed by atoms with E-state index >= 15 is 0 Å². The second-order valence-corrected chi connectivity index (χ2v) is 0. The molecular weight excluding hydrogens is 296 g/mol. The van der Waals surface area contributed by atoms with E-state index in [0.717, 1.165) is 0 Å². The molecule has 0 nitrogen and oxygen atoms in total. The van der Waals surface area contributed by atoms with Gasteiger partial charge in [-0.05, 0) is 0 Å². The first-order valence-corrected chi connectivity index (χ1v) is 0. The monoisotopic (exact) mass is 302 g/mol. The van der Waals surface area contributed by atoms with Crippen molar-refractivity contribution in [2.24, 2.45) is 0 Å². The van der Waals surface area contributed by atoms with Gasteiger partial charge in [0.1, 0.15) is 0 Å². The van der Waals surface area contributed by atoms with E-state index in [1.165, 1.54) is 0 Å². The second-order valence-electron chi connectivity index (χ2n) is 0. The fourth-order valence-corrected chi connectivity index (χ4v) is 0. The van der Waals surface area contributed by atoms with Crippen LogP contribution in [0.25, 0.3) is 0 Å². The predicted octanol–water partition coefficient (Wildman–Crippen LogP) is 1.34. The Kier molecular flexibility index (Phi) is 1610. The van der Waals surface area contributed by atoms with E-state index in [9.17, 15) is 0 Å². The molecule has 0 aromatic carbocycles. The normalized spacial score (nSPS) is 0. The first-order chi connectivity index (χ1) is 0. The third-order valence-electron chi connectivity index (χ3n) is 0. The van der Waals surface area contributed by atoms with Gasteiger partial charge in [-0.25, -0.2) is 0 Å². The first kappa shape index (κ1) is 133. The molecule has 0 bridgehead atoms. The number of hydrogen-bond donors (Lipinski definition) is 0. The molecule has 0 aromatic rings. The molecule has 0 amide bonds. The Bertz CT molecular complexity index is 8.49. The number of rotatable bonds is 0. The third kappa shape index (κ3) is 68.5. The van der Waals surface area contributed by atoms with Crippen LogP contribution in [-0.2, 0) is 17.1 Å². The Balaban J connectivity index is 0. The van der Waals surface area contributed by atoms with Crippen LogP contribution in [-0.4, -0.2) is 17.4 Å². The van der Waals surface area contributed by atoms with Gasteiger partial charge in [0.05, 0.1) is 0 Å². The molecule has 0 spiro atoms. The Morgan fingerprint density at radius 3 is 0.375 bits per heavy atom. The van der Waals surface area contributed by atoms with Crippen LogP contribution < -0.4 is 0 Å². The van der Waals surface area contributed by atoms with Crippen molar-refractivity contribution < 1.29 is 17.1 Å². The molecule has 0 aromatic heterocycles. The molecule has 0 fully saturated rings. The molecule has 0 saturated carbocycles. The molecule has 8 heteroatoms. The van der Waals surface area contributed by atoms with Gasteiger partial charge in [-0.3, -0.25) is 0 Å². The third-order valence-corrected chi connectivity index (χ3v) is 0. The molecule has 8 heavy (non-hydrogen) atoms. The molecule has 0 unspecified atom stereocenters. The fourth-order valence-electron chi connectivity index (χ4n) is 0. The van der Waals surface area contributed by atoms with Crippen LogP contribution in [0.3, 0.4) is 0 Å². The average Bonchev–Trinajstić information content (AvgIpc) is 0. The summed E-state index contributed by atoms with van der Waals surface area (Å²) in [5.74, 6) is 0. The summed E-state index contributed by atoms with van der Waals surface area (Å²) in [6.07, 6.45) is 0. The van der Waals surface area contributed by atoms with Gasteiger partial charge in [-0.15, -0.1) is 74.4 Å². The van der Waals surface area contributed by atoms with Crippen LogP contribution in [0.5, 0.6) is 0 Å². The van der Waals surface area contributed by atoms with Gasteiger partial charge < -0.3 is 0 Å². The van der Waals surface area contributed by atoms with Crippen molar-refractivity contribution in [1.29, 1.82) is 0 Å². The van der Waals surface area contributed by atoms with Crippen molar-refractivity contribution in [3.63, 3.8) is 0 Å². The van der Waals surface area contributed by atoms with Crippen LogP contribution in [0.2, 0.25) is 0 Å². The Morgan fingerprint density at radius 1 is 0.375 bits per heavy atom. The van der Waals surface area contributed by atoms with Crippen molar-refractivity contribution in [2.75, 3.05) is 0 Å². The fraction of sp³-hybridized carbons (Fsp3) is 0. The van der Waals surface area contributed by atoms with Gasteiger partial charge in [-0.2, -0.15) is 0 Å². The van der Waals surface area contributed by atoms with Crippen molar-refractivity contribution in [1.82, 2.24) is 0 Å². The summed E-state index contributed by atoms with van der Waals surface area (Å²) in [6.45, 7) is 0. The van der Waals surface area contributed by atoms with Crippen molar-refractivity contribution in [2.45, 2.75) is 0 Å². The minimum atomic E-state index is 0. The van der Waals surface area contributed by atoms with Crippen LogP contribution in [0, 0.1) is 0 Å². The predicted molar refractivity (Wildman–Crippen MR) is 53.4 cm³/mol. The van der Waals surface area contributed by atoms with Crippen LogP contribution >= 0.6 is 74.4 Å². The van der Waals surface area contributed by atoms with E-state index in [0.29, 0.717) is 0 Å². The zero-order chi connectivity index (χ0) is 0. The minimum Gasteiger partial charge on any atom is -0.147 e. The molecule has 0 aliphatic heterocycles. The molecule has 0 N–H and O–H groups in total. The van der Waals surface area contributed by atoms with Crippen LogP contribution in [0.15, 0.2) is 0 Å². The minimum absolute atomic E-state index is 0. The van der Waals surface area contributed by atoms with E-state index < -0.39 is 0 Å². The summed E-state index contributed by atoms with van der Waals surface area (Å²) in [4.78, 5) is 0. The molecule has 0 heterocycles. The van der Waals surface area contributed by atoms with Gasteiger partial charge in [0.2, 0.25) is 0 Å². The molecule has 0 radical (unpaired) electrons. The van der Waals surface area contributed by atoms with Gasteiger partial charge in [0, 0.05) is 17.1 Å². The summed E-state index contributed by atoms with van der Waals surface area (Å²) in [7, 11) is 0. The van der Waals surface area contributed by atoms with Gasteiger partial charge >= 0.3 is 0 Å². The van der Waals surface area contributed by atoms with Crippen LogP contribution in [0.1, 0.15) is 0 Å². The van der Waals surface area contributed by atoms with Gasteiger partial charge in [0.25, 0.3) is 0 Å². The summed E-state index contributed by atoms with van der Waals surface area (Å²) in [5, 5.41) is 0. The maximum Gasteiger partial charge on any atom is 0.187 e. The molecule has 62 valence electrons. The smallest absolute Gasteiger partial charge is 0.147 e.